The summed E-state index contributed by atoms with van der Waals surface area (Å²) in [6, 6.07) is 0. The van der Waals surface area contributed by atoms with Gasteiger partial charge in [0.05, 0.1) is 0 Å². The van der Waals surface area contributed by atoms with Crippen molar-refractivity contribution in [1.29, 1.82) is 0 Å². The summed E-state index contributed by atoms with van der Waals surface area (Å²) in [6.07, 6.45) is -0.648. The largest absolute Gasteiger partial charge is 0.354 e. The molecule has 0 heterocycles. The van der Waals surface area contributed by atoms with Gasteiger partial charge in [0.1, 0.15) is 0 Å². The normalized spacial score (nSPS) is 23.4. The van der Waals surface area contributed by atoms with Gasteiger partial charge < -0.3 is 5.32 Å². The lowest BCUT2D eigenvalue weighted by Gasteiger charge is -2.33. The predicted molar refractivity (Wildman–Crippen MR) is 46.0 cm³/mol. The Kier molecular flexibility index (Phi) is 3.11. The molecule has 2 nitrogen and oxygen atoms in total. The zero-order chi connectivity index (χ0) is 10.1. The van der Waals surface area contributed by atoms with E-state index in [1.165, 1.54) is 0 Å². The number of nitrogens with one attached hydrogen (secondary N) is 1. The molecule has 0 bridgehead atoms. The summed E-state index contributed by atoms with van der Waals surface area (Å²) in [5, 5.41) is 2.36. The number of carbonyl (C=O) groups excluding carboxylic acids is 1. The van der Waals surface area contributed by atoms with Gasteiger partial charge >= 0.3 is 0 Å². The van der Waals surface area contributed by atoms with Gasteiger partial charge in [0.15, 0.2) is 0 Å². The second kappa shape index (κ2) is 3.78. The monoisotopic (exact) mass is 211 g/mol. The fraction of sp³-hybridized carbons (Fsp3) is 0.875. The van der Waals surface area contributed by atoms with Gasteiger partial charge in [-0.2, -0.15) is 0 Å². The molecule has 76 valence electrons. The molecule has 1 N–H and O–H groups in total. The average Bonchev–Trinajstić information content (AvgIpc) is 1.95. The van der Waals surface area contributed by atoms with Crippen molar-refractivity contribution >= 4 is 17.5 Å². The number of hydrogen-bond acceptors (Lipinski definition) is 1. The molecule has 0 aromatic carbocycles. The lowest BCUT2D eigenvalue weighted by molar-refractivity contribution is -0.150. The number of carbonyl (C=O) groups is 1. The average molecular weight is 212 g/mol. The van der Waals surface area contributed by atoms with Crippen LogP contribution in [-0.4, -0.2) is 23.8 Å². The molecule has 0 radical (unpaired) electrons. The van der Waals surface area contributed by atoms with E-state index in [9.17, 15) is 13.6 Å². The van der Waals surface area contributed by atoms with Crippen molar-refractivity contribution in [2.24, 2.45) is 5.92 Å². The van der Waals surface area contributed by atoms with E-state index in [0.29, 0.717) is 6.54 Å². The van der Waals surface area contributed by atoms with E-state index in [1.807, 2.05) is 0 Å². The van der Waals surface area contributed by atoms with Gasteiger partial charge in [-0.15, -0.1) is 11.6 Å². The minimum atomic E-state index is -2.63. The first kappa shape index (κ1) is 10.7. The van der Waals surface area contributed by atoms with E-state index >= 15 is 0 Å². The van der Waals surface area contributed by atoms with Crippen molar-refractivity contribution in [2.45, 2.75) is 31.1 Å². The SMILES string of the molecule is CC(Cl)CNC(=O)C1CC(F)(F)C1. The zero-order valence-corrected chi connectivity index (χ0v) is 8.07. The first-order valence-corrected chi connectivity index (χ1v) is 4.64. The second-order valence-corrected chi connectivity index (χ2v) is 4.23. The van der Waals surface area contributed by atoms with E-state index in [1.54, 1.807) is 6.92 Å². The number of halogens is 3. The van der Waals surface area contributed by atoms with Crippen LogP contribution in [0.5, 0.6) is 0 Å². The molecule has 1 atom stereocenters. The maximum atomic E-state index is 12.3. The Balaban J connectivity index is 2.20. The fourth-order valence-corrected chi connectivity index (χ4v) is 1.31. The van der Waals surface area contributed by atoms with Crippen LogP contribution in [0.4, 0.5) is 8.78 Å². The van der Waals surface area contributed by atoms with Gasteiger partial charge in [0.2, 0.25) is 11.8 Å². The predicted octanol–water partition coefficient (Wildman–Crippen LogP) is 1.78. The van der Waals surface area contributed by atoms with Crippen molar-refractivity contribution in [2.75, 3.05) is 6.54 Å². The van der Waals surface area contributed by atoms with Crippen LogP contribution in [0.15, 0.2) is 0 Å². The highest BCUT2D eigenvalue weighted by atomic mass is 35.5. The van der Waals surface area contributed by atoms with Crippen LogP contribution in [0.1, 0.15) is 19.8 Å². The third-order valence-electron chi connectivity index (χ3n) is 2.02. The Bertz CT molecular complexity index is 200. The molecule has 1 aliphatic rings. The molecular formula is C8H12ClF2NO. The minimum absolute atomic E-state index is 0.162. The summed E-state index contributed by atoms with van der Waals surface area (Å²) in [4.78, 5) is 11.1. The van der Waals surface area contributed by atoms with Crippen molar-refractivity contribution in [1.82, 2.24) is 5.32 Å². The molecule has 1 saturated carbocycles. The van der Waals surface area contributed by atoms with E-state index in [4.69, 9.17) is 11.6 Å². The summed E-state index contributed by atoms with van der Waals surface area (Å²) >= 11 is 5.58. The third kappa shape index (κ3) is 3.10. The smallest absolute Gasteiger partial charge is 0.249 e. The summed E-state index contributed by atoms with van der Waals surface area (Å²) in [5.41, 5.74) is 0. The number of amides is 1. The van der Waals surface area contributed by atoms with E-state index in [2.05, 4.69) is 5.32 Å². The highest BCUT2D eigenvalue weighted by Crippen LogP contribution is 2.42. The Morgan fingerprint density at radius 2 is 2.23 bits per heavy atom. The highest BCUT2D eigenvalue weighted by molar-refractivity contribution is 6.20. The molecule has 0 aromatic heterocycles. The Hall–Kier alpha value is -0.380. The zero-order valence-electron chi connectivity index (χ0n) is 7.32. The van der Waals surface area contributed by atoms with Gasteiger partial charge in [-0.05, 0) is 6.92 Å². The molecule has 5 heteroatoms. The number of hydrogen-bond donors (Lipinski definition) is 1. The van der Waals surface area contributed by atoms with Gasteiger partial charge in [-0.25, -0.2) is 8.78 Å². The van der Waals surface area contributed by atoms with Crippen molar-refractivity contribution in [3.8, 4) is 0 Å². The fourth-order valence-electron chi connectivity index (χ4n) is 1.23. The van der Waals surface area contributed by atoms with Gasteiger partial charge in [-0.3, -0.25) is 4.79 Å². The van der Waals surface area contributed by atoms with Crippen LogP contribution in [0.25, 0.3) is 0 Å². The lowest BCUT2D eigenvalue weighted by atomic mass is 9.81. The van der Waals surface area contributed by atoms with E-state index in [-0.39, 0.29) is 24.1 Å². The highest BCUT2D eigenvalue weighted by Gasteiger charge is 2.48. The van der Waals surface area contributed by atoms with Crippen LogP contribution in [0.2, 0.25) is 0 Å². The second-order valence-electron chi connectivity index (χ2n) is 3.49. The Labute approximate surface area is 80.6 Å². The maximum Gasteiger partial charge on any atom is 0.249 e. The van der Waals surface area contributed by atoms with E-state index < -0.39 is 11.8 Å². The minimum Gasteiger partial charge on any atom is -0.354 e. The van der Waals surface area contributed by atoms with Crippen molar-refractivity contribution in [3.05, 3.63) is 0 Å². The molecule has 13 heavy (non-hydrogen) atoms. The molecule has 0 aliphatic heterocycles. The van der Waals surface area contributed by atoms with Crippen LogP contribution < -0.4 is 5.32 Å². The van der Waals surface area contributed by atoms with Gasteiger partial charge in [-0.1, -0.05) is 0 Å². The van der Waals surface area contributed by atoms with Crippen LogP contribution in [-0.2, 0) is 4.79 Å². The molecule has 1 aliphatic carbocycles. The molecular weight excluding hydrogens is 200 g/mol. The molecule has 0 spiro atoms. The summed E-state index contributed by atoms with van der Waals surface area (Å²) < 4.78 is 24.7. The topological polar surface area (TPSA) is 29.1 Å². The van der Waals surface area contributed by atoms with Gasteiger partial charge in [0, 0.05) is 30.7 Å². The molecule has 1 unspecified atom stereocenters. The van der Waals surface area contributed by atoms with Crippen LogP contribution in [0.3, 0.4) is 0 Å². The van der Waals surface area contributed by atoms with Crippen LogP contribution >= 0.6 is 11.6 Å². The maximum absolute atomic E-state index is 12.3. The molecule has 1 fully saturated rings. The summed E-state index contributed by atoms with van der Waals surface area (Å²) in [5.74, 6) is -3.46. The van der Waals surface area contributed by atoms with Gasteiger partial charge in [0.25, 0.3) is 0 Å². The number of alkyl halides is 3. The molecule has 1 rings (SSSR count). The molecule has 1 amide bonds. The van der Waals surface area contributed by atoms with Crippen LogP contribution in [0, 0.1) is 5.92 Å². The lowest BCUT2D eigenvalue weighted by Crippen LogP contribution is -2.45. The van der Waals surface area contributed by atoms with Crippen molar-refractivity contribution < 1.29 is 13.6 Å². The Morgan fingerprint density at radius 3 is 2.62 bits per heavy atom. The molecule has 0 saturated heterocycles. The third-order valence-corrected chi connectivity index (χ3v) is 2.17. The summed E-state index contributed by atoms with van der Waals surface area (Å²) in [6.45, 7) is 2.07. The first-order valence-electron chi connectivity index (χ1n) is 4.20. The first-order chi connectivity index (χ1) is 5.91. The Morgan fingerprint density at radius 1 is 1.69 bits per heavy atom. The van der Waals surface area contributed by atoms with E-state index in [0.717, 1.165) is 0 Å². The quantitative estimate of drug-likeness (QED) is 0.709. The molecule has 0 aromatic rings. The standard InChI is InChI=1S/C8H12ClF2NO/c1-5(9)4-12-7(13)6-2-8(10,11)3-6/h5-6H,2-4H2,1H3,(H,12,13). The van der Waals surface area contributed by atoms with Crippen molar-refractivity contribution in [3.63, 3.8) is 0 Å². The number of rotatable bonds is 3. The summed E-state index contributed by atoms with van der Waals surface area (Å²) in [7, 11) is 0.